The summed E-state index contributed by atoms with van der Waals surface area (Å²) in [6.07, 6.45) is 6.14. The minimum absolute atomic E-state index is 0.276. The second-order valence-corrected chi connectivity index (χ2v) is 48.8. The molecular formula is C121H160N16O8S4+2. The summed E-state index contributed by atoms with van der Waals surface area (Å²) < 4.78 is 75.9. The van der Waals surface area contributed by atoms with Crippen molar-refractivity contribution >= 4 is 149 Å². The second kappa shape index (κ2) is 44.9. The van der Waals surface area contributed by atoms with Gasteiger partial charge in [-0.15, -0.1) is 9.15 Å². The smallest absolute Gasteiger partial charge is 0.404 e. The lowest BCUT2D eigenvalue weighted by molar-refractivity contribution is -0.790. The fourth-order valence-corrected chi connectivity index (χ4v) is 27.2. The van der Waals surface area contributed by atoms with E-state index in [0.29, 0.717) is 171 Å². The highest BCUT2D eigenvalue weighted by atomic mass is 32.2. The van der Waals surface area contributed by atoms with Gasteiger partial charge in [-0.2, -0.15) is 9.13 Å². The number of hydrogen-bond donors (Lipinski definition) is 0. The van der Waals surface area contributed by atoms with Gasteiger partial charge in [0.05, 0.1) is 117 Å². The molecule has 12 heterocycles. The SMILES string of the molecule is CCN(CC)CCN1c2ccccc2Sc2c(OCCC(C)C)c3c(c(OCCC(C)C)c21)C1=Nc2c4c(OCCC(C)C)c5c(c(OCCC(C)C)c4c4n2C26n7c(c8c(OCCC(C)C)c9c(c(OCCC(C)C)c8c7=NC3=[N+]12)N(CCN(CC)CC)c1ccccc1S9)=NC1=[N+]6C(=N4)c2c(OCCC(C)C)c3c(c(OCCC(C)C)c21)N(CCN(CC)CC)c1ccccc1S3)N(CCN(CC)CC)c1ccccc1S5. The van der Waals surface area contributed by atoms with E-state index in [-0.39, 0.29) is 47.3 Å². The number of aliphatic imine (C=N–C) groups is 2. The minimum atomic E-state index is -1.85. The molecule has 20 rings (SSSR count). The Kier molecular flexibility index (Phi) is 32.0. The van der Waals surface area contributed by atoms with Crippen LogP contribution in [0, 0.1) is 47.3 Å². The predicted octanol–water partition coefficient (Wildman–Crippen LogP) is 26.9. The molecule has 0 saturated heterocycles. The predicted molar refractivity (Wildman–Crippen MR) is 615 cm³/mol. The van der Waals surface area contributed by atoms with Crippen LogP contribution >= 0.6 is 47.0 Å². The van der Waals surface area contributed by atoms with Gasteiger partial charge in [-0.1, -0.05) is 282 Å². The van der Waals surface area contributed by atoms with E-state index in [4.69, 9.17) is 57.9 Å². The highest BCUT2D eigenvalue weighted by Crippen LogP contribution is 2.70. The zero-order valence-corrected chi connectivity index (χ0v) is 96.3. The molecule has 2 aromatic heterocycles. The number of anilines is 8. The Morgan fingerprint density at radius 2 is 0.510 bits per heavy atom. The number of ether oxygens (including phenoxy) is 8. The number of aromatic nitrogens is 2. The van der Waals surface area contributed by atoms with Gasteiger partial charge < -0.3 is 77.1 Å². The Labute approximate surface area is 901 Å². The van der Waals surface area contributed by atoms with Crippen LogP contribution in [0.4, 0.5) is 57.1 Å². The zero-order valence-electron chi connectivity index (χ0n) is 93.0. The molecule has 0 N–H and O–H groups in total. The van der Waals surface area contributed by atoms with Gasteiger partial charge >= 0.3 is 5.91 Å². The average Bonchev–Trinajstić information content (AvgIpc) is 1.45. The van der Waals surface area contributed by atoms with Gasteiger partial charge in [-0.05, 0) is 200 Å². The summed E-state index contributed by atoms with van der Waals surface area (Å²) in [6.45, 7) is 71.1. The average molecular weight is 2090 g/mol. The fraction of sp³-hybridized carbons (Fsp3) is 0.537. The number of amidine groups is 4. The molecule has 0 fully saturated rings. The van der Waals surface area contributed by atoms with Crippen LogP contribution < -0.4 is 68.5 Å². The molecule has 0 saturated carbocycles. The second-order valence-electron chi connectivity index (χ2n) is 44.6. The third-order valence-electron chi connectivity index (χ3n) is 31.1. The lowest BCUT2D eigenvalue weighted by Crippen LogP contribution is -2.71. The van der Waals surface area contributed by atoms with Gasteiger partial charge in [-0.25, -0.2) is 0 Å². The Morgan fingerprint density at radius 3 is 0.826 bits per heavy atom. The molecule has 0 bridgehead atoms. The third-order valence-corrected chi connectivity index (χ3v) is 35.7. The first-order valence-corrected chi connectivity index (χ1v) is 59.6. The first-order valence-electron chi connectivity index (χ1n) is 56.4. The maximum Gasteiger partial charge on any atom is 0.404 e. The first-order chi connectivity index (χ1) is 72.2. The summed E-state index contributed by atoms with van der Waals surface area (Å²) in [4.78, 5) is 56.3. The molecule has 8 aromatic carbocycles. The molecule has 28 heteroatoms. The number of benzene rings is 8. The molecule has 1 atom stereocenters. The molecule has 1 unspecified atom stereocenters. The monoisotopic (exact) mass is 2090 g/mol. The van der Waals surface area contributed by atoms with Crippen molar-refractivity contribution in [3.63, 3.8) is 0 Å². The Balaban J connectivity index is 1.08. The lowest BCUT2D eigenvalue weighted by Gasteiger charge is -2.40. The summed E-state index contributed by atoms with van der Waals surface area (Å²) in [5.41, 5.74) is 12.5. The van der Waals surface area contributed by atoms with Gasteiger partial charge in [0.1, 0.15) is 56.5 Å². The van der Waals surface area contributed by atoms with Crippen LogP contribution in [0.5, 0.6) is 46.0 Å². The summed E-state index contributed by atoms with van der Waals surface area (Å²) in [5, 5.41) is 3.11. The van der Waals surface area contributed by atoms with Crippen molar-refractivity contribution in [2.45, 2.75) is 263 Å². The highest BCUT2D eigenvalue weighted by molar-refractivity contribution is 8.00. The van der Waals surface area contributed by atoms with Crippen molar-refractivity contribution in [3.8, 4) is 46.0 Å². The zero-order chi connectivity index (χ0) is 104. The van der Waals surface area contributed by atoms with Gasteiger partial charge in [0.2, 0.25) is 22.6 Å². The maximum atomic E-state index is 8.26. The van der Waals surface area contributed by atoms with Crippen LogP contribution in [0.3, 0.4) is 0 Å². The third kappa shape index (κ3) is 19.0. The number of para-hydroxylation sites is 4. The van der Waals surface area contributed by atoms with Crippen molar-refractivity contribution < 1.29 is 47.0 Å². The summed E-state index contributed by atoms with van der Waals surface area (Å²) in [7, 11) is 0. The molecular weight excluding hydrogens is 1930 g/mol. The van der Waals surface area contributed by atoms with Crippen LogP contribution in [-0.4, -0.2) is 219 Å². The van der Waals surface area contributed by atoms with E-state index in [1.807, 2.05) is 0 Å². The Bertz CT molecular complexity index is 7000. The van der Waals surface area contributed by atoms with Crippen LogP contribution in [0.1, 0.15) is 240 Å². The van der Waals surface area contributed by atoms with Crippen molar-refractivity contribution in [2.24, 2.45) is 67.3 Å². The van der Waals surface area contributed by atoms with Crippen LogP contribution in [0.25, 0.3) is 21.5 Å². The van der Waals surface area contributed by atoms with Crippen molar-refractivity contribution in [3.05, 3.63) is 130 Å². The molecule has 10 aliphatic heterocycles. The molecule has 24 nitrogen and oxygen atoms in total. The topological polar surface area (TPSA) is 165 Å². The standard InChI is InChI=1S/C121H160N16O8S4/c1-25-126(26-2)57-61-130-81-41-33-37-45-85(81)146-109-97(130)101(138-65-49-73(9)10)89-93(105(109)142-69-53-77(17)18)117-123-114-91-95(107(144-71-55-79(21)22)111-99(103(91)140-67-51-75(13)14)132(63-59-128(29-5)30-6)83-43-35-39-47-87(83)148-111)119-125-116-92-96(108(145-72-56-80(23)24)112-100(104(92)141-68-52-76(15)16)133(64-60-129(31-7)32-8)84-44-36-40-48-88(84)149-112)120-124-115-90-94(118-122-113(89)134(117)121(135(115)118,136(114)119)137(116)120)106(143-70-54-78(19)20)110-98(102(90)139-66-50-74(11)12)131(62-58-127(27-3)28-4)82-42-34-38-46-86(82)147-110/h33-48,73-80H,25-32,49-72H2,1-24H3/q+2. The molecule has 10 aliphatic rings. The van der Waals surface area contributed by atoms with Crippen LogP contribution in [-0.2, 0) is 5.91 Å². The van der Waals surface area contributed by atoms with Gasteiger partial charge in [0.15, 0.2) is 34.5 Å². The molecule has 149 heavy (non-hydrogen) atoms. The number of likely N-dealkylation sites (N-methyl/N-ethyl adjacent to an activating group) is 4. The summed E-state index contributed by atoms with van der Waals surface area (Å²) >= 11 is 7.11. The van der Waals surface area contributed by atoms with Crippen molar-refractivity contribution in [2.75, 3.05) is 177 Å². The molecule has 1 spiro atoms. The quantitative estimate of drug-likeness (QED) is 0.0330. The molecule has 10 aromatic rings. The fourth-order valence-electron chi connectivity index (χ4n) is 22.4. The van der Waals surface area contributed by atoms with Crippen molar-refractivity contribution in [1.82, 2.24) is 28.7 Å². The van der Waals surface area contributed by atoms with E-state index in [9.17, 15) is 0 Å². The molecule has 794 valence electrons. The van der Waals surface area contributed by atoms with Gasteiger partial charge in [0.25, 0.3) is 23.3 Å². The Hall–Kier alpha value is -10.0. The van der Waals surface area contributed by atoms with E-state index in [2.05, 4.69) is 321 Å². The van der Waals surface area contributed by atoms with Gasteiger partial charge in [-0.3, -0.25) is 0 Å². The normalized spacial score (nSPS) is 15.9. The Morgan fingerprint density at radius 1 is 0.275 bits per heavy atom. The van der Waals surface area contributed by atoms with Crippen LogP contribution in [0.2, 0.25) is 0 Å². The summed E-state index contributed by atoms with van der Waals surface area (Å²) in [5.74, 6) is 9.77. The number of rotatable bonds is 52. The maximum absolute atomic E-state index is 8.26. The summed E-state index contributed by atoms with van der Waals surface area (Å²) in [6, 6.07) is 36.0. The molecule has 0 aliphatic carbocycles. The van der Waals surface area contributed by atoms with E-state index >= 15 is 0 Å². The van der Waals surface area contributed by atoms with Gasteiger partial charge in [0, 0.05) is 71.9 Å². The molecule has 0 radical (unpaired) electrons. The molecule has 0 amide bonds. The van der Waals surface area contributed by atoms with E-state index < -0.39 is 5.91 Å². The largest absolute Gasteiger partial charge is 0.491 e. The highest BCUT2D eigenvalue weighted by Gasteiger charge is 2.73. The van der Waals surface area contributed by atoms with E-state index in [1.54, 1.807) is 47.0 Å². The van der Waals surface area contributed by atoms with Crippen molar-refractivity contribution in [1.29, 1.82) is 0 Å². The lowest BCUT2D eigenvalue weighted by atomic mass is 10.0. The number of hydrogen-bond acceptors (Lipinski definition) is 24. The van der Waals surface area contributed by atoms with E-state index in [0.717, 1.165) is 258 Å². The van der Waals surface area contributed by atoms with E-state index in [1.165, 1.54) is 0 Å². The minimum Gasteiger partial charge on any atom is -0.491 e. The van der Waals surface area contributed by atoms with Crippen LogP contribution in [0.15, 0.2) is 156 Å². The first kappa shape index (κ1) is 106. The number of nitrogens with zero attached hydrogens (tertiary/aromatic N) is 16. The number of fused-ring (bicyclic) bond motifs is 20.